The number of nitrogens with one attached hydrogen (secondary N) is 1. The molecule has 1 aliphatic heterocycles. The maximum absolute atomic E-state index is 11.7. The zero-order valence-corrected chi connectivity index (χ0v) is 7.36. The first-order valence-corrected chi connectivity index (χ1v) is 4.22. The van der Waals surface area contributed by atoms with Crippen LogP contribution in [0.15, 0.2) is 35.4 Å². The molecule has 1 aromatic rings. The van der Waals surface area contributed by atoms with E-state index in [1.165, 1.54) is 0 Å². The van der Waals surface area contributed by atoms with Gasteiger partial charge in [-0.05, 0) is 0 Å². The maximum atomic E-state index is 11.7. The summed E-state index contributed by atoms with van der Waals surface area (Å²) in [4.78, 5) is 22.5. The summed E-state index contributed by atoms with van der Waals surface area (Å²) in [6, 6.07) is 8.79. The average Bonchev–Trinajstić information content (AvgIpc) is 2.65. The normalized spacial score (nSPS) is 14.9. The van der Waals surface area contributed by atoms with E-state index in [1.54, 1.807) is 24.3 Å². The summed E-state index contributed by atoms with van der Waals surface area (Å²) in [7, 11) is 0. The van der Waals surface area contributed by atoms with Crippen molar-refractivity contribution in [3.8, 4) is 0 Å². The quantitative estimate of drug-likeness (QED) is 0.696. The highest BCUT2D eigenvalue weighted by Crippen LogP contribution is 2.06. The second kappa shape index (κ2) is 3.41. The predicted molar refractivity (Wildman–Crippen MR) is 51.0 cm³/mol. The van der Waals surface area contributed by atoms with Gasteiger partial charge in [0.15, 0.2) is 0 Å². The van der Waals surface area contributed by atoms with Gasteiger partial charge >= 0.3 is 0 Å². The minimum Gasteiger partial charge on any atom is -0.287 e. The molecule has 1 heterocycles. The summed E-state index contributed by atoms with van der Waals surface area (Å²) in [6.07, 6.45) is 0.0771. The van der Waals surface area contributed by atoms with Gasteiger partial charge < -0.3 is 0 Å². The Kier molecular flexibility index (Phi) is 2.10. The summed E-state index contributed by atoms with van der Waals surface area (Å²) >= 11 is 0. The number of benzene rings is 1. The summed E-state index contributed by atoms with van der Waals surface area (Å²) in [6.45, 7) is 0. The van der Waals surface area contributed by atoms with Gasteiger partial charge in [0.05, 0.1) is 6.42 Å². The van der Waals surface area contributed by atoms with Crippen LogP contribution in [-0.2, 0) is 4.79 Å². The van der Waals surface area contributed by atoms with E-state index < -0.39 is 0 Å². The summed E-state index contributed by atoms with van der Waals surface area (Å²) in [5, 5.41) is 3.66. The van der Waals surface area contributed by atoms with Gasteiger partial charge in [-0.1, -0.05) is 30.3 Å². The first kappa shape index (κ1) is 8.62. The van der Waals surface area contributed by atoms with Crippen LogP contribution in [-0.4, -0.2) is 17.4 Å². The molecule has 2 rings (SSSR count). The lowest BCUT2D eigenvalue weighted by Crippen LogP contribution is -2.13. The number of hydrogen-bond acceptors (Lipinski definition) is 3. The Balaban J connectivity index is 2.22. The van der Waals surface area contributed by atoms with Gasteiger partial charge in [-0.25, -0.2) is 5.43 Å². The molecule has 0 radical (unpaired) electrons. The molecule has 0 fully saturated rings. The Bertz CT molecular complexity index is 409. The molecular weight excluding hydrogens is 180 g/mol. The highest BCUT2D eigenvalue weighted by atomic mass is 16.2. The molecule has 0 atom stereocenters. The van der Waals surface area contributed by atoms with Gasteiger partial charge in [0.2, 0.25) is 11.7 Å². The molecule has 0 saturated carbocycles. The fourth-order valence-electron chi connectivity index (χ4n) is 1.25. The molecule has 4 heteroatoms. The van der Waals surface area contributed by atoms with Crippen LogP contribution in [0.2, 0.25) is 0 Å². The van der Waals surface area contributed by atoms with Gasteiger partial charge in [0.25, 0.3) is 0 Å². The van der Waals surface area contributed by atoms with Crippen molar-refractivity contribution in [1.29, 1.82) is 0 Å². The van der Waals surface area contributed by atoms with Gasteiger partial charge in [-0.15, -0.1) is 0 Å². The molecule has 0 saturated heterocycles. The third-order valence-electron chi connectivity index (χ3n) is 1.94. The largest absolute Gasteiger partial charge is 0.287 e. The van der Waals surface area contributed by atoms with E-state index in [-0.39, 0.29) is 23.8 Å². The highest BCUT2D eigenvalue weighted by Gasteiger charge is 2.21. The second-order valence-corrected chi connectivity index (χ2v) is 2.97. The Morgan fingerprint density at radius 1 is 1.29 bits per heavy atom. The van der Waals surface area contributed by atoms with E-state index in [0.717, 1.165) is 0 Å². The second-order valence-electron chi connectivity index (χ2n) is 2.97. The van der Waals surface area contributed by atoms with Gasteiger partial charge in [-0.3, -0.25) is 9.59 Å². The van der Waals surface area contributed by atoms with Crippen molar-refractivity contribution >= 4 is 17.4 Å². The van der Waals surface area contributed by atoms with Crippen molar-refractivity contribution in [2.45, 2.75) is 6.42 Å². The van der Waals surface area contributed by atoms with Crippen LogP contribution in [0.4, 0.5) is 0 Å². The Hall–Kier alpha value is -1.97. The van der Waals surface area contributed by atoms with E-state index in [9.17, 15) is 9.59 Å². The first-order valence-electron chi connectivity index (χ1n) is 4.22. The fraction of sp³-hybridized carbons (Fsp3) is 0.100. The van der Waals surface area contributed by atoms with E-state index in [1.807, 2.05) is 6.07 Å². The van der Waals surface area contributed by atoms with Crippen LogP contribution >= 0.6 is 0 Å². The van der Waals surface area contributed by atoms with Crippen molar-refractivity contribution in [1.82, 2.24) is 5.43 Å². The molecule has 0 unspecified atom stereocenters. The molecule has 0 aromatic heterocycles. The summed E-state index contributed by atoms with van der Waals surface area (Å²) in [5.41, 5.74) is 3.09. The number of carbonyl (C=O) groups is 2. The molecule has 1 amide bonds. The highest BCUT2D eigenvalue weighted by molar-refractivity contribution is 6.49. The van der Waals surface area contributed by atoms with E-state index >= 15 is 0 Å². The molecule has 0 spiro atoms. The number of hydrazone groups is 1. The third-order valence-corrected chi connectivity index (χ3v) is 1.94. The fourth-order valence-corrected chi connectivity index (χ4v) is 1.25. The van der Waals surface area contributed by atoms with Gasteiger partial charge in [0.1, 0.15) is 5.71 Å². The Morgan fingerprint density at radius 2 is 2.00 bits per heavy atom. The maximum Gasteiger partial charge on any atom is 0.246 e. The SMILES string of the molecule is O=C1CC(C(=O)c2ccccc2)=NN1. The van der Waals surface area contributed by atoms with Crippen LogP contribution in [0, 0.1) is 0 Å². The van der Waals surface area contributed by atoms with Gasteiger partial charge in [0, 0.05) is 5.56 Å². The number of carbonyl (C=O) groups excluding carboxylic acids is 2. The van der Waals surface area contributed by atoms with Crippen molar-refractivity contribution in [3.63, 3.8) is 0 Å². The Labute approximate surface area is 80.6 Å². The number of ketones is 1. The lowest BCUT2D eigenvalue weighted by molar-refractivity contribution is -0.119. The van der Waals surface area contributed by atoms with E-state index in [0.29, 0.717) is 5.56 Å². The number of hydrogen-bond donors (Lipinski definition) is 1. The summed E-state index contributed by atoms with van der Waals surface area (Å²) < 4.78 is 0. The molecule has 1 aromatic carbocycles. The minimum absolute atomic E-state index is 0.0771. The predicted octanol–water partition coefficient (Wildman–Crippen LogP) is 0.745. The van der Waals surface area contributed by atoms with Crippen molar-refractivity contribution in [3.05, 3.63) is 35.9 Å². The molecular formula is C10H8N2O2. The zero-order chi connectivity index (χ0) is 9.97. The van der Waals surface area contributed by atoms with Gasteiger partial charge in [-0.2, -0.15) is 5.10 Å². The van der Waals surface area contributed by atoms with E-state index in [4.69, 9.17) is 0 Å². The number of amides is 1. The first-order chi connectivity index (χ1) is 6.77. The lowest BCUT2D eigenvalue weighted by Gasteiger charge is -1.96. The van der Waals surface area contributed by atoms with E-state index in [2.05, 4.69) is 10.5 Å². The minimum atomic E-state index is -0.232. The molecule has 0 bridgehead atoms. The van der Waals surface area contributed by atoms with Crippen molar-refractivity contribution in [2.75, 3.05) is 0 Å². The van der Waals surface area contributed by atoms with Crippen molar-refractivity contribution < 1.29 is 9.59 Å². The number of rotatable bonds is 2. The van der Waals surface area contributed by atoms with Crippen LogP contribution in [0.5, 0.6) is 0 Å². The molecule has 1 N–H and O–H groups in total. The van der Waals surface area contributed by atoms with Crippen LogP contribution in [0.25, 0.3) is 0 Å². The topological polar surface area (TPSA) is 58.5 Å². The lowest BCUT2D eigenvalue weighted by atomic mass is 10.1. The molecule has 1 aliphatic rings. The summed E-state index contributed by atoms with van der Waals surface area (Å²) in [5.74, 6) is -0.423. The van der Waals surface area contributed by atoms with Crippen LogP contribution in [0.1, 0.15) is 16.8 Å². The Morgan fingerprint density at radius 3 is 2.57 bits per heavy atom. The number of Topliss-reactive ketones (excluding diaryl/α,β-unsaturated/α-hetero) is 1. The zero-order valence-electron chi connectivity index (χ0n) is 7.36. The van der Waals surface area contributed by atoms with Crippen LogP contribution in [0.3, 0.4) is 0 Å². The molecule has 4 nitrogen and oxygen atoms in total. The molecule has 0 aliphatic carbocycles. The van der Waals surface area contributed by atoms with Crippen LogP contribution < -0.4 is 5.43 Å². The molecule has 70 valence electrons. The monoisotopic (exact) mass is 188 g/mol. The average molecular weight is 188 g/mol. The van der Waals surface area contributed by atoms with Crippen molar-refractivity contribution in [2.24, 2.45) is 5.10 Å². The molecule has 14 heavy (non-hydrogen) atoms. The number of nitrogens with zero attached hydrogens (tertiary/aromatic N) is 1. The standard InChI is InChI=1S/C10H8N2O2/c13-9-6-8(11-12-9)10(14)7-4-2-1-3-5-7/h1-5H,6H2,(H,12,13). The third kappa shape index (κ3) is 1.54. The smallest absolute Gasteiger partial charge is 0.246 e.